The summed E-state index contributed by atoms with van der Waals surface area (Å²) < 4.78 is 36.3. The number of hydrogen-bond donors (Lipinski definition) is 2. The molecule has 0 unspecified atom stereocenters. The van der Waals surface area contributed by atoms with E-state index in [0.717, 1.165) is 6.92 Å². The van der Waals surface area contributed by atoms with Crippen molar-refractivity contribution in [2.24, 2.45) is 0 Å². The number of hydrogen-bond acceptors (Lipinski definition) is 2. The maximum atomic E-state index is 12.1. The zero-order valence-corrected chi connectivity index (χ0v) is 6.45. The van der Waals surface area contributed by atoms with Gasteiger partial charge in [0.15, 0.2) is 0 Å². The molecule has 4 nitrogen and oxygen atoms in total. The Hall–Kier alpha value is -1.53. The van der Waals surface area contributed by atoms with E-state index in [0.29, 0.717) is 0 Å². The first-order valence-electron chi connectivity index (χ1n) is 3.23. The lowest BCUT2D eigenvalue weighted by Crippen LogP contribution is -2.31. The standard InChI is InChI=1S/C6H5F3N2O2/c1-2-3(6(7,8)9)4(12)11-5(13)10-2/h1H3,(H2,10,11,12,13). The highest BCUT2D eigenvalue weighted by molar-refractivity contribution is 5.17. The van der Waals surface area contributed by atoms with E-state index in [1.54, 1.807) is 0 Å². The van der Waals surface area contributed by atoms with Crippen LogP contribution >= 0.6 is 0 Å². The van der Waals surface area contributed by atoms with Gasteiger partial charge in [-0.05, 0) is 6.92 Å². The van der Waals surface area contributed by atoms with E-state index >= 15 is 0 Å². The van der Waals surface area contributed by atoms with E-state index in [9.17, 15) is 22.8 Å². The van der Waals surface area contributed by atoms with Crippen molar-refractivity contribution < 1.29 is 13.2 Å². The van der Waals surface area contributed by atoms with Gasteiger partial charge >= 0.3 is 11.9 Å². The smallest absolute Gasteiger partial charge is 0.311 e. The predicted octanol–water partition coefficient (Wildman–Crippen LogP) is 0.390. The number of alkyl halides is 3. The van der Waals surface area contributed by atoms with Gasteiger partial charge in [-0.1, -0.05) is 0 Å². The largest absolute Gasteiger partial charge is 0.423 e. The average molecular weight is 194 g/mol. The van der Waals surface area contributed by atoms with Crippen molar-refractivity contribution >= 4 is 0 Å². The van der Waals surface area contributed by atoms with Crippen LogP contribution in [0.15, 0.2) is 9.59 Å². The van der Waals surface area contributed by atoms with Crippen molar-refractivity contribution in [1.82, 2.24) is 9.97 Å². The lowest BCUT2D eigenvalue weighted by Gasteiger charge is -2.06. The molecule has 0 aliphatic rings. The molecule has 0 atom stereocenters. The van der Waals surface area contributed by atoms with Gasteiger partial charge in [0.1, 0.15) is 5.56 Å². The predicted molar refractivity (Wildman–Crippen MR) is 37.4 cm³/mol. The maximum absolute atomic E-state index is 12.1. The minimum absolute atomic E-state index is 0.485. The van der Waals surface area contributed by atoms with Gasteiger partial charge in [0.05, 0.1) is 0 Å². The Balaban J connectivity index is 3.57. The molecule has 0 saturated carbocycles. The molecule has 0 aromatic carbocycles. The van der Waals surface area contributed by atoms with Gasteiger partial charge in [0, 0.05) is 5.69 Å². The quantitative estimate of drug-likeness (QED) is 0.627. The third-order valence-electron chi connectivity index (χ3n) is 1.41. The molecule has 1 rings (SSSR count). The Morgan fingerprint density at radius 2 is 1.69 bits per heavy atom. The van der Waals surface area contributed by atoms with Crippen molar-refractivity contribution in [2.75, 3.05) is 0 Å². The molecule has 0 fully saturated rings. The SMILES string of the molecule is Cc1[nH]c(=O)[nH]c(=O)c1C(F)(F)F. The van der Waals surface area contributed by atoms with Crippen LogP contribution in [-0.2, 0) is 6.18 Å². The monoisotopic (exact) mass is 194 g/mol. The third kappa shape index (κ3) is 1.79. The lowest BCUT2D eigenvalue weighted by atomic mass is 10.2. The first-order chi connectivity index (χ1) is 5.82. The van der Waals surface area contributed by atoms with Crippen LogP contribution in [0.2, 0.25) is 0 Å². The summed E-state index contributed by atoms with van der Waals surface area (Å²) in [6, 6.07) is 0. The molecular weight excluding hydrogens is 189 g/mol. The minimum Gasteiger partial charge on any atom is -0.311 e. The van der Waals surface area contributed by atoms with Crippen LogP contribution in [0.1, 0.15) is 11.3 Å². The fourth-order valence-corrected chi connectivity index (χ4v) is 0.941. The van der Waals surface area contributed by atoms with Gasteiger partial charge in [0.2, 0.25) is 0 Å². The highest BCUT2D eigenvalue weighted by Gasteiger charge is 2.36. The van der Waals surface area contributed by atoms with Crippen LogP contribution in [0.5, 0.6) is 0 Å². The molecule has 0 aliphatic heterocycles. The molecule has 0 bridgehead atoms. The second-order valence-corrected chi connectivity index (χ2v) is 2.41. The number of nitrogens with one attached hydrogen (secondary N) is 2. The van der Waals surface area contributed by atoms with Gasteiger partial charge in [-0.15, -0.1) is 0 Å². The molecule has 13 heavy (non-hydrogen) atoms. The van der Waals surface area contributed by atoms with E-state index < -0.39 is 28.7 Å². The Bertz CT molecular complexity index is 429. The summed E-state index contributed by atoms with van der Waals surface area (Å²) in [6.45, 7) is 1.01. The van der Waals surface area contributed by atoms with Gasteiger partial charge in [0.25, 0.3) is 5.56 Å². The second-order valence-electron chi connectivity index (χ2n) is 2.41. The van der Waals surface area contributed by atoms with Crippen molar-refractivity contribution in [1.29, 1.82) is 0 Å². The lowest BCUT2D eigenvalue weighted by molar-refractivity contribution is -0.139. The molecule has 0 aliphatic carbocycles. The molecule has 2 N–H and O–H groups in total. The number of H-pyrrole nitrogens is 2. The molecule has 0 spiro atoms. The van der Waals surface area contributed by atoms with Crippen LogP contribution in [0, 0.1) is 6.92 Å². The van der Waals surface area contributed by atoms with E-state index in [2.05, 4.69) is 0 Å². The second kappa shape index (κ2) is 2.75. The molecule has 1 heterocycles. The molecule has 0 amide bonds. The summed E-state index contributed by atoms with van der Waals surface area (Å²) in [6.07, 6.45) is -4.75. The molecule has 1 aromatic rings. The molecule has 0 radical (unpaired) electrons. The summed E-state index contributed by atoms with van der Waals surface area (Å²) in [5.41, 5.74) is -4.22. The molecule has 72 valence electrons. The minimum atomic E-state index is -4.75. The fourth-order valence-electron chi connectivity index (χ4n) is 0.941. The Morgan fingerprint density at radius 1 is 1.15 bits per heavy atom. The van der Waals surface area contributed by atoms with Crippen LogP contribution in [0.3, 0.4) is 0 Å². The summed E-state index contributed by atoms with van der Waals surface area (Å²) in [5, 5.41) is 0. The summed E-state index contributed by atoms with van der Waals surface area (Å²) >= 11 is 0. The number of rotatable bonds is 0. The normalized spacial score (nSPS) is 11.7. The molecule has 7 heteroatoms. The first kappa shape index (κ1) is 9.56. The van der Waals surface area contributed by atoms with Crippen molar-refractivity contribution in [3.63, 3.8) is 0 Å². The number of halogens is 3. The summed E-state index contributed by atoms with van der Waals surface area (Å²) in [4.78, 5) is 24.6. The van der Waals surface area contributed by atoms with E-state index in [1.807, 2.05) is 4.98 Å². The van der Waals surface area contributed by atoms with Crippen LogP contribution in [-0.4, -0.2) is 9.97 Å². The Morgan fingerprint density at radius 3 is 2.08 bits per heavy atom. The van der Waals surface area contributed by atoms with Gasteiger partial charge in [-0.2, -0.15) is 13.2 Å². The number of aryl methyl sites for hydroxylation is 1. The van der Waals surface area contributed by atoms with E-state index in [1.165, 1.54) is 4.98 Å². The van der Waals surface area contributed by atoms with Gasteiger partial charge in [-0.3, -0.25) is 9.78 Å². The van der Waals surface area contributed by atoms with Gasteiger partial charge in [-0.25, -0.2) is 4.79 Å². The number of aromatic amines is 2. The Kier molecular flexibility index (Phi) is 2.02. The number of aromatic nitrogens is 2. The highest BCUT2D eigenvalue weighted by Crippen LogP contribution is 2.27. The Labute approximate surface area is 69.4 Å². The zero-order valence-electron chi connectivity index (χ0n) is 6.45. The van der Waals surface area contributed by atoms with E-state index in [-0.39, 0.29) is 0 Å². The van der Waals surface area contributed by atoms with E-state index in [4.69, 9.17) is 0 Å². The van der Waals surface area contributed by atoms with Crippen LogP contribution in [0.4, 0.5) is 13.2 Å². The summed E-state index contributed by atoms with van der Waals surface area (Å²) in [7, 11) is 0. The van der Waals surface area contributed by atoms with Crippen molar-refractivity contribution in [3.8, 4) is 0 Å². The third-order valence-corrected chi connectivity index (χ3v) is 1.41. The molecular formula is C6H5F3N2O2. The average Bonchev–Trinajstić information content (AvgIpc) is 1.78. The van der Waals surface area contributed by atoms with Crippen LogP contribution < -0.4 is 11.2 Å². The maximum Gasteiger partial charge on any atom is 0.423 e. The van der Waals surface area contributed by atoms with Crippen molar-refractivity contribution in [3.05, 3.63) is 32.1 Å². The molecule has 0 saturated heterocycles. The molecule has 1 aromatic heterocycles. The zero-order chi connectivity index (χ0) is 10.2. The topological polar surface area (TPSA) is 65.7 Å². The van der Waals surface area contributed by atoms with Crippen LogP contribution in [0.25, 0.3) is 0 Å². The first-order valence-corrected chi connectivity index (χ1v) is 3.23. The highest BCUT2D eigenvalue weighted by atomic mass is 19.4. The fraction of sp³-hybridized carbons (Fsp3) is 0.333. The summed E-state index contributed by atoms with van der Waals surface area (Å²) in [5.74, 6) is 0. The van der Waals surface area contributed by atoms with Crippen molar-refractivity contribution in [2.45, 2.75) is 13.1 Å². The van der Waals surface area contributed by atoms with Gasteiger partial charge < -0.3 is 4.98 Å².